The molecule has 0 heterocycles. The highest BCUT2D eigenvalue weighted by atomic mass is 28.3. The highest BCUT2D eigenvalue weighted by Crippen LogP contribution is 2.26. The van der Waals surface area contributed by atoms with Crippen molar-refractivity contribution in [3.05, 3.63) is 29.1 Å². The molecule has 2 N–H and O–H groups in total. The van der Waals surface area contributed by atoms with E-state index in [-0.39, 0.29) is 12.6 Å². The van der Waals surface area contributed by atoms with E-state index in [0.717, 1.165) is 0 Å². The molecule has 0 aliphatic carbocycles. The van der Waals surface area contributed by atoms with E-state index in [9.17, 15) is 26.7 Å². The number of hydrogen-bond donors (Lipinski definition) is 2. The third kappa shape index (κ3) is 5.90. The molecule has 1 unspecified atom stereocenters. The van der Waals surface area contributed by atoms with E-state index in [1.165, 1.54) is 14.2 Å². The second kappa shape index (κ2) is 10.4. The van der Waals surface area contributed by atoms with Crippen molar-refractivity contribution >= 4 is 21.2 Å². The fourth-order valence-electron chi connectivity index (χ4n) is 1.93. The molecule has 0 saturated carbocycles. The monoisotopic (exact) mass is 402 g/mol. The maximum atomic E-state index is 13.4. The lowest BCUT2D eigenvalue weighted by molar-refractivity contribution is 0.0897. The Morgan fingerprint density at radius 2 is 1.50 bits per heavy atom. The first-order valence-electron chi connectivity index (χ1n) is 7.50. The van der Waals surface area contributed by atoms with Gasteiger partial charge in [0.05, 0.1) is 0 Å². The van der Waals surface area contributed by atoms with Crippen LogP contribution >= 0.6 is 0 Å². The molecule has 0 saturated heterocycles. The first-order chi connectivity index (χ1) is 12.2. The third-order valence-corrected chi connectivity index (χ3v) is 4.71. The molecule has 0 aromatic heterocycles. The van der Waals surface area contributed by atoms with Crippen LogP contribution in [0.4, 0.5) is 32.4 Å². The molecule has 26 heavy (non-hydrogen) atoms. The third-order valence-electron chi connectivity index (χ3n) is 3.25. The zero-order chi connectivity index (χ0) is 19.9. The van der Waals surface area contributed by atoms with Crippen LogP contribution in [-0.4, -0.2) is 42.4 Å². The average molecular weight is 402 g/mol. The second-order valence-corrected chi connectivity index (χ2v) is 6.97. The van der Waals surface area contributed by atoms with E-state index in [1.807, 2.05) is 0 Å². The van der Waals surface area contributed by atoms with Gasteiger partial charge in [0.2, 0.25) is 5.82 Å². The highest BCUT2D eigenvalue weighted by molar-refractivity contribution is 6.36. The molecule has 0 radical (unpaired) electrons. The van der Waals surface area contributed by atoms with Crippen molar-refractivity contribution in [2.45, 2.75) is 25.9 Å². The number of amides is 2. The van der Waals surface area contributed by atoms with Crippen LogP contribution in [0.15, 0.2) is 0 Å². The number of carbonyl (C=O) groups is 1. The Bertz CT molecular complexity index is 605. The lowest BCUT2D eigenvalue weighted by Crippen LogP contribution is -2.32. The van der Waals surface area contributed by atoms with Gasteiger partial charge in [-0.3, -0.25) is 0 Å². The van der Waals surface area contributed by atoms with Crippen LogP contribution in [0.1, 0.15) is 19.8 Å². The molecular weight excluding hydrogens is 383 g/mol. The van der Waals surface area contributed by atoms with Crippen LogP contribution in [0.3, 0.4) is 0 Å². The molecule has 1 aromatic carbocycles. The van der Waals surface area contributed by atoms with Crippen molar-refractivity contribution in [1.29, 1.82) is 0 Å². The number of urea groups is 1. The summed E-state index contributed by atoms with van der Waals surface area (Å²) in [6, 6.07) is -1.11. The Labute approximate surface area is 148 Å². The number of hydrogen-bond acceptors (Lipinski definition) is 4. The second-order valence-electron chi connectivity index (χ2n) is 5.17. The van der Waals surface area contributed by atoms with E-state index in [4.69, 9.17) is 13.3 Å². The van der Waals surface area contributed by atoms with Crippen molar-refractivity contribution in [1.82, 2.24) is 5.32 Å². The van der Waals surface area contributed by atoms with Crippen molar-refractivity contribution in [2.24, 2.45) is 0 Å². The maximum absolute atomic E-state index is 13.4. The predicted octanol–water partition coefficient (Wildman–Crippen LogP) is 2.70. The summed E-state index contributed by atoms with van der Waals surface area (Å²) in [4.78, 5) is 11.6. The lowest BCUT2D eigenvalue weighted by Gasteiger charge is -2.18. The molecule has 0 aliphatic rings. The molecule has 1 atom stereocenters. The molecule has 0 bridgehead atoms. The van der Waals surface area contributed by atoms with Crippen LogP contribution in [0.2, 0.25) is 0 Å². The van der Waals surface area contributed by atoms with Gasteiger partial charge in [0.25, 0.3) is 0 Å². The highest BCUT2D eigenvalue weighted by Gasteiger charge is 2.26. The molecular formula is C14H19F5N2O4Si. The van der Waals surface area contributed by atoms with Crippen LogP contribution < -0.4 is 10.6 Å². The Hall–Kier alpha value is -1.76. The Morgan fingerprint density at radius 3 is 2.00 bits per heavy atom. The molecule has 1 rings (SSSR count). The number of halogens is 5. The largest absolute Gasteiger partial charge is 0.483 e. The van der Waals surface area contributed by atoms with Crippen LogP contribution in [0, 0.1) is 29.1 Å². The smallest absolute Gasteiger partial charge is 0.379 e. The molecule has 2 amide bonds. The number of nitrogens with one attached hydrogen (secondary N) is 2. The quantitative estimate of drug-likeness (QED) is 0.219. The van der Waals surface area contributed by atoms with Gasteiger partial charge in [-0.2, -0.15) is 0 Å². The lowest BCUT2D eigenvalue weighted by atomic mass is 10.2. The summed E-state index contributed by atoms with van der Waals surface area (Å²) < 4.78 is 81.3. The van der Waals surface area contributed by atoms with Gasteiger partial charge in [0.1, 0.15) is 5.69 Å². The van der Waals surface area contributed by atoms with Gasteiger partial charge in [-0.15, -0.1) is 0 Å². The molecule has 0 fully saturated rings. The van der Waals surface area contributed by atoms with Gasteiger partial charge in [-0.25, -0.2) is 26.7 Å². The van der Waals surface area contributed by atoms with Gasteiger partial charge in [-0.1, -0.05) is 0 Å². The van der Waals surface area contributed by atoms with Crippen LogP contribution in [0.25, 0.3) is 0 Å². The summed E-state index contributed by atoms with van der Waals surface area (Å²) in [6.07, 6.45) is 0.728. The van der Waals surface area contributed by atoms with Gasteiger partial charge < -0.3 is 23.9 Å². The number of anilines is 1. The Balaban J connectivity index is 2.49. The fourth-order valence-corrected chi connectivity index (χ4v) is 2.86. The van der Waals surface area contributed by atoms with E-state index >= 15 is 0 Å². The van der Waals surface area contributed by atoms with Crippen molar-refractivity contribution in [3.63, 3.8) is 0 Å². The molecule has 0 spiro atoms. The molecule has 148 valence electrons. The number of benzene rings is 1. The fraction of sp³-hybridized carbons (Fsp3) is 0.500. The SMILES string of the molecule is CO[SiH](OC)OC(C)CCCNC(=O)Nc1c(F)c(F)c(F)c(F)c1F. The predicted molar refractivity (Wildman–Crippen MR) is 84.2 cm³/mol. The molecule has 1 aromatic rings. The van der Waals surface area contributed by atoms with Crippen molar-refractivity contribution in [3.8, 4) is 0 Å². The number of rotatable bonds is 9. The molecule has 6 nitrogen and oxygen atoms in total. The Kier molecular flexibility index (Phi) is 8.91. The molecule has 0 aliphatic heterocycles. The average Bonchev–Trinajstić information content (AvgIpc) is 2.63. The summed E-state index contributed by atoms with van der Waals surface area (Å²) in [6.45, 7) is 1.86. The van der Waals surface area contributed by atoms with Crippen molar-refractivity contribution in [2.75, 3.05) is 26.1 Å². The zero-order valence-corrected chi connectivity index (χ0v) is 15.5. The first-order valence-corrected chi connectivity index (χ1v) is 8.91. The van der Waals surface area contributed by atoms with E-state index in [2.05, 4.69) is 5.32 Å². The standard InChI is InChI=1S/C14H19F5N2O4Si/c1-7(25-26(23-2)24-3)5-4-6-20-14(22)21-13-11(18)9(16)8(15)10(17)12(13)19/h7,26H,4-6H2,1-3H3,(H2,20,21,22). The van der Waals surface area contributed by atoms with Gasteiger partial charge in [-0.05, 0) is 19.8 Å². The normalized spacial score (nSPS) is 12.3. The summed E-state index contributed by atoms with van der Waals surface area (Å²) >= 11 is 0. The minimum absolute atomic E-state index is 0.0844. The van der Waals surface area contributed by atoms with Crippen LogP contribution in [0.5, 0.6) is 0 Å². The minimum atomic E-state index is -2.30. The van der Waals surface area contributed by atoms with Gasteiger partial charge in [0, 0.05) is 26.9 Å². The van der Waals surface area contributed by atoms with Gasteiger partial charge >= 0.3 is 15.6 Å². The van der Waals surface area contributed by atoms with Crippen LogP contribution in [-0.2, 0) is 13.3 Å². The summed E-state index contributed by atoms with van der Waals surface area (Å²) in [5.41, 5.74) is -1.41. The topological polar surface area (TPSA) is 68.8 Å². The molecule has 12 heteroatoms. The van der Waals surface area contributed by atoms with E-state index in [1.54, 1.807) is 12.2 Å². The van der Waals surface area contributed by atoms with Crippen molar-refractivity contribution < 1.29 is 40.0 Å². The summed E-state index contributed by atoms with van der Waals surface area (Å²) in [5.74, 6) is -10.8. The number of carbonyl (C=O) groups excluding carboxylic acids is 1. The first kappa shape index (κ1) is 22.3. The summed E-state index contributed by atoms with van der Waals surface area (Å²) in [7, 11) is 0.735. The minimum Gasteiger partial charge on any atom is -0.379 e. The van der Waals surface area contributed by atoms with E-state index < -0.39 is 50.3 Å². The maximum Gasteiger partial charge on any atom is 0.483 e. The Morgan fingerprint density at radius 1 is 1.00 bits per heavy atom. The van der Waals surface area contributed by atoms with Gasteiger partial charge in [0.15, 0.2) is 23.3 Å². The zero-order valence-electron chi connectivity index (χ0n) is 14.3. The van der Waals surface area contributed by atoms with E-state index in [0.29, 0.717) is 12.8 Å². The summed E-state index contributed by atoms with van der Waals surface area (Å²) in [5, 5.41) is 3.86.